The third-order valence-electron chi connectivity index (χ3n) is 3.83. The molecule has 0 aliphatic heterocycles. The molecule has 114 valence electrons. The molecule has 1 N–H and O–H groups in total. The minimum atomic E-state index is -0.0699. The number of rotatable bonds is 8. The molecule has 0 aliphatic carbocycles. The molecule has 0 atom stereocenters. The lowest BCUT2D eigenvalue weighted by Gasteiger charge is -2.10. The highest BCUT2D eigenvalue weighted by molar-refractivity contribution is 5.65. The summed E-state index contributed by atoms with van der Waals surface area (Å²) in [6, 6.07) is 8.19. The largest absolute Gasteiger partial charge is 0.390 e. The molecule has 4 nitrogen and oxygen atoms in total. The summed E-state index contributed by atoms with van der Waals surface area (Å²) in [5.74, 6) is 0. The van der Waals surface area contributed by atoms with Crippen LogP contribution in [0.2, 0.25) is 0 Å². The van der Waals surface area contributed by atoms with Gasteiger partial charge in [0, 0.05) is 12.1 Å². The van der Waals surface area contributed by atoms with Crippen LogP contribution in [0.1, 0.15) is 50.3 Å². The highest BCUT2D eigenvalue weighted by Gasteiger charge is 2.15. The molecule has 0 saturated heterocycles. The molecule has 0 amide bonds. The van der Waals surface area contributed by atoms with Crippen molar-refractivity contribution in [2.45, 2.75) is 59.1 Å². The van der Waals surface area contributed by atoms with Crippen molar-refractivity contribution >= 4 is 0 Å². The van der Waals surface area contributed by atoms with E-state index in [2.05, 4.69) is 36.3 Å². The predicted molar refractivity (Wildman–Crippen MR) is 84.9 cm³/mol. The van der Waals surface area contributed by atoms with Crippen LogP contribution in [0.4, 0.5) is 0 Å². The molecule has 0 fully saturated rings. The third kappa shape index (κ3) is 3.91. The van der Waals surface area contributed by atoms with Crippen molar-refractivity contribution in [1.82, 2.24) is 15.0 Å². The summed E-state index contributed by atoms with van der Waals surface area (Å²) in [4.78, 5) is 0. The molecule has 21 heavy (non-hydrogen) atoms. The number of nitrogens with zero attached hydrogens (tertiary/aromatic N) is 3. The molecule has 0 spiro atoms. The van der Waals surface area contributed by atoms with E-state index >= 15 is 0 Å². The Labute approximate surface area is 126 Å². The first kappa shape index (κ1) is 15.7. The molecule has 2 aromatic rings. The van der Waals surface area contributed by atoms with Gasteiger partial charge < -0.3 is 5.11 Å². The Morgan fingerprint density at radius 2 is 1.86 bits per heavy atom. The van der Waals surface area contributed by atoms with Gasteiger partial charge in [-0.25, -0.2) is 4.68 Å². The van der Waals surface area contributed by atoms with Gasteiger partial charge in [-0.1, -0.05) is 62.1 Å². The fourth-order valence-electron chi connectivity index (χ4n) is 2.61. The zero-order valence-corrected chi connectivity index (χ0v) is 13.0. The quantitative estimate of drug-likeness (QED) is 0.753. The molecule has 0 aliphatic rings. The minimum Gasteiger partial charge on any atom is -0.390 e. The average Bonchev–Trinajstić information content (AvgIpc) is 2.90. The zero-order valence-electron chi connectivity index (χ0n) is 13.0. The topological polar surface area (TPSA) is 50.9 Å². The van der Waals surface area contributed by atoms with Crippen LogP contribution in [0.25, 0.3) is 11.3 Å². The van der Waals surface area contributed by atoms with Gasteiger partial charge in [-0.05, 0) is 18.9 Å². The second kappa shape index (κ2) is 7.93. The van der Waals surface area contributed by atoms with E-state index in [-0.39, 0.29) is 6.61 Å². The average molecular weight is 287 g/mol. The molecule has 1 aromatic carbocycles. The van der Waals surface area contributed by atoms with E-state index in [9.17, 15) is 5.11 Å². The van der Waals surface area contributed by atoms with E-state index in [1.54, 1.807) is 0 Å². The van der Waals surface area contributed by atoms with E-state index in [0.29, 0.717) is 5.69 Å². The van der Waals surface area contributed by atoms with Gasteiger partial charge in [-0.15, -0.1) is 5.10 Å². The summed E-state index contributed by atoms with van der Waals surface area (Å²) in [5, 5.41) is 17.9. The van der Waals surface area contributed by atoms with Crippen molar-refractivity contribution in [3.8, 4) is 11.3 Å². The lowest BCUT2D eigenvalue weighted by Crippen LogP contribution is -2.04. The second-order valence-electron chi connectivity index (χ2n) is 5.50. The Morgan fingerprint density at radius 1 is 1.10 bits per heavy atom. The van der Waals surface area contributed by atoms with Crippen LogP contribution in [0.3, 0.4) is 0 Å². The van der Waals surface area contributed by atoms with Crippen LogP contribution in [0.5, 0.6) is 0 Å². The summed E-state index contributed by atoms with van der Waals surface area (Å²) in [7, 11) is 0. The summed E-state index contributed by atoms with van der Waals surface area (Å²) >= 11 is 0. The number of benzene rings is 1. The molecule has 0 unspecified atom stereocenters. The van der Waals surface area contributed by atoms with Gasteiger partial charge >= 0.3 is 0 Å². The first-order chi connectivity index (χ1) is 10.3. The van der Waals surface area contributed by atoms with Crippen molar-refractivity contribution in [3.05, 3.63) is 35.5 Å². The lowest BCUT2D eigenvalue weighted by molar-refractivity contribution is 0.277. The van der Waals surface area contributed by atoms with Crippen molar-refractivity contribution in [2.75, 3.05) is 0 Å². The Balaban J connectivity index is 2.16. The van der Waals surface area contributed by atoms with Gasteiger partial charge in [0.1, 0.15) is 5.69 Å². The van der Waals surface area contributed by atoms with Crippen LogP contribution in [-0.4, -0.2) is 20.1 Å². The Kier molecular flexibility index (Phi) is 5.93. The number of aliphatic hydroxyl groups excluding tert-OH is 1. The molecular weight excluding hydrogens is 262 g/mol. The SMILES string of the molecule is CCCCCCCn1nnc(CO)c1-c1ccccc1C. The van der Waals surface area contributed by atoms with Gasteiger partial charge in [0.25, 0.3) is 0 Å². The van der Waals surface area contributed by atoms with Crippen LogP contribution in [0.15, 0.2) is 24.3 Å². The van der Waals surface area contributed by atoms with Crippen LogP contribution >= 0.6 is 0 Å². The van der Waals surface area contributed by atoms with E-state index in [1.807, 2.05) is 16.8 Å². The predicted octanol–water partition coefficient (Wildman–Crippen LogP) is 3.72. The maximum Gasteiger partial charge on any atom is 0.116 e. The molecule has 4 heteroatoms. The smallest absolute Gasteiger partial charge is 0.116 e. The first-order valence-corrected chi connectivity index (χ1v) is 7.87. The fraction of sp³-hybridized carbons (Fsp3) is 0.529. The number of aryl methyl sites for hydroxylation is 2. The van der Waals surface area contributed by atoms with Gasteiger partial charge in [-0.2, -0.15) is 0 Å². The Hall–Kier alpha value is -1.68. The molecule has 0 radical (unpaired) electrons. The van der Waals surface area contributed by atoms with Crippen molar-refractivity contribution in [1.29, 1.82) is 0 Å². The number of aromatic nitrogens is 3. The standard InChI is InChI=1S/C17H25N3O/c1-3-4-5-6-9-12-20-17(16(13-21)18-19-20)15-11-8-7-10-14(15)2/h7-8,10-11,21H,3-6,9,12-13H2,1-2H3. The highest BCUT2D eigenvalue weighted by atomic mass is 16.3. The molecule has 1 aromatic heterocycles. The number of hydrogen-bond donors (Lipinski definition) is 1. The van der Waals surface area contributed by atoms with E-state index in [4.69, 9.17) is 0 Å². The zero-order chi connectivity index (χ0) is 15.1. The summed E-state index contributed by atoms with van der Waals surface area (Å²) in [6.45, 7) is 5.09. The van der Waals surface area contributed by atoms with Gasteiger partial charge in [0.2, 0.25) is 0 Å². The van der Waals surface area contributed by atoms with Crippen LogP contribution in [0, 0.1) is 6.92 Å². The van der Waals surface area contributed by atoms with Crippen LogP contribution < -0.4 is 0 Å². The maximum absolute atomic E-state index is 9.51. The Bertz CT molecular complexity index is 563. The normalized spacial score (nSPS) is 11.0. The van der Waals surface area contributed by atoms with Crippen molar-refractivity contribution in [2.24, 2.45) is 0 Å². The Morgan fingerprint density at radius 3 is 2.57 bits per heavy atom. The van der Waals surface area contributed by atoms with Crippen LogP contribution in [-0.2, 0) is 13.2 Å². The summed E-state index contributed by atoms with van der Waals surface area (Å²) in [5.41, 5.74) is 3.92. The monoisotopic (exact) mass is 287 g/mol. The van der Waals surface area contributed by atoms with Gasteiger partial charge in [0.05, 0.1) is 12.3 Å². The third-order valence-corrected chi connectivity index (χ3v) is 3.83. The first-order valence-electron chi connectivity index (χ1n) is 7.87. The second-order valence-corrected chi connectivity index (χ2v) is 5.50. The summed E-state index contributed by atoms with van der Waals surface area (Å²) < 4.78 is 1.94. The number of aliphatic hydroxyl groups is 1. The number of hydrogen-bond acceptors (Lipinski definition) is 3. The van der Waals surface area contributed by atoms with E-state index in [1.165, 1.54) is 31.2 Å². The molecule has 2 rings (SSSR count). The summed E-state index contributed by atoms with van der Waals surface area (Å²) in [6.07, 6.45) is 6.15. The molecule has 0 saturated carbocycles. The fourth-order valence-corrected chi connectivity index (χ4v) is 2.61. The lowest BCUT2D eigenvalue weighted by atomic mass is 10.0. The van der Waals surface area contributed by atoms with E-state index in [0.717, 1.165) is 24.2 Å². The molecule has 1 heterocycles. The minimum absolute atomic E-state index is 0.0699. The maximum atomic E-state index is 9.51. The van der Waals surface area contributed by atoms with E-state index < -0.39 is 0 Å². The van der Waals surface area contributed by atoms with Gasteiger partial charge in [-0.3, -0.25) is 0 Å². The highest BCUT2D eigenvalue weighted by Crippen LogP contribution is 2.26. The van der Waals surface area contributed by atoms with Crippen molar-refractivity contribution in [3.63, 3.8) is 0 Å². The van der Waals surface area contributed by atoms with Crippen molar-refractivity contribution < 1.29 is 5.11 Å². The number of unbranched alkanes of at least 4 members (excludes halogenated alkanes) is 4. The molecular formula is C17H25N3O. The molecule has 0 bridgehead atoms. The van der Waals surface area contributed by atoms with Gasteiger partial charge in [0.15, 0.2) is 0 Å².